The maximum Gasteiger partial charge on any atom is 0.231 e. The lowest BCUT2D eigenvalue weighted by Crippen LogP contribution is -2.52. The number of hydrogen-bond donors (Lipinski definition) is 3. The topological polar surface area (TPSA) is 78.6 Å². The van der Waals surface area contributed by atoms with E-state index >= 15 is 0 Å². The Morgan fingerprint density at radius 2 is 2.14 bits per heavy atom. The fraction of sp³-hybridized carbons (Fsp3) is 0.938. The van der Waals surface area contributed by atoms with E-state index in [-0.39, 0.29) is 12.0 Å². The molecule has 1 rings (SSSR count). The van der Waals surface area contributed by atoms with Crippen molar-refractivity contribution in [2.24, 2.45) is 17.6 Å². The first-order chi connectivity index (χ1) is 9.90. The van der Waals surface area contributed by atoms with Gasteiger partial charge in [-0.1, -0.05) is 20.8 Å². The molecule has 1 saturated heterocycles. The zero-order chi connectivity index (χ0) is 15.8. The quantitative estimate of drug-likeness (QED) is 0.592. The van der Waals surface area contributed by atoms with Crippen molar-refractivity contribution in [3.63, 3.8) is 0 Å². The highest BCUT2D eigenvalue weighted by Gasteiger charge is 2.28. The van der Waals surface area contributed by atoms with E-state index in [9.17, 15) is 9.90 Å². The van der Waals surface area contributed by atoms with Crippen molar-refractivity contribution in [2.45, 2.75) is 58.6 Å². The molecule has 3 atom stereocenters. The Balaban J connectivity index is 2.50. The fourth-order valence-electron chi connectivity index (χ4n) is 3.10. The Morgan fingerprint density at radius 3 is 2.71 bits per heavy atom. The van der Waals surface area contributed by atoms with Crippen molar-refractivity contribution >= 4 is 5.91 Å². The van der Waals surface area contributed by atoms with Crippen molar-refractivity contribution < 1.29 is 9.90 Å². The molecule has 21 heavy (non-hydrogen) atoms. The van der Waals surface area contributed by atoms with E-state index in [1.54, 1.807) is 0 Å². The number of aliphatic hydroxyl groups is 1. The Morgan fingerprint density at radius 1 is 1.43 bits per heavy atom. The minimum absolute atomic E-state index is 0.236. The number of rotatable bonds is 9. The summed E-state index contributed by atoms with van der Waals surface area (Å²) in [5.74, 6) is 0.859. The lowest BCUT2D eigenvalue weighted by Gasteiger charge is -2.38. The first-order valence-corrected chi connectivity index (χ1v) is 8.32. The molecule has 0 radical (unpaired) electrons. The fourth-order valence-corrected chi connectivity index (χ4v) is 3.10. The van der Waals surface area contributed by atoms with Crippen LogP contribution in [0.3, 0.4) is 0 Å². The number of nitrogens with zero attached hydrogens (tertiary/aromatic N) is 1. The van der Waals surface area contributed by atoms with E-state index in [1.165, 1.54) is 0 Å². The highest BCUT2D eigenvalue weighted by atomic mass is 16.3. The molecule has 1 heterocycles. The summed E-state index contributed by atoms with van der Waals surface area (Å²) in [5.41, 5.74) is 5.33. The van der Waals surface area contributed by atoms with Gasteiger partial charge in [0.2, 0.25) is 5.91 Å². The predicted octanol–water partition coefficient (Wildman–Crippen LogP) is 0.959. The summed E-state index contributed by atoms with van der Waals surface area (Å²) in [6, 6.07) is 0.394. The Kier molecular flexibility index (Phi) is 8.22. The van der Waals surface area contributed by atoms with E-state index < -0.39 is 0 Å². The van der Waals surface area contributed by atoms with Gasteiger partial charge in [-0.15, -0.1) is 0 Å². The molecule has 0 aromatic heterocycles. The van der Waals surface area contributed by atoms with Gasteiger partial charge in [0.25, 0.3) is 0 Å². The summed E-state index contributed by atoms with van der Waals surface area (Å²) in [4.78, 5) is 13.3. The molecule has 0 saturated carbocycles. The first-order valence-electron chi connectivity index (χ1n) is 8.32. The number of likely N-dealkylation sites (tertiary alicyclic amines) is 1. The number of primary amides is 1. The lowest BCUT2D eigenvalue weighted by molar-refractivity contribution is -0.119. The molecule has 1 aliphatic heterocycles. The minimum Gasteiger partial charge on any atom is -0.393 e. The number of hydrogen-bond acceptors (Lipinski definition) is 4. The first kappa shape index (κ1) is 18.4. The van der Waals surface area contributed by atoms with Crippen LogP contribution in [0.2, 0.25) is 0 Å². The third-order valence-electron chi connectivity index (χ3n) is 4.22. The molecule has 5 heteroatoms. The van der Waals surface area contributed by atoms with Gasteiger partial charge in [-0.3, -0.25) is 9.69 Å². The van der Waals surface area contributed by atoms with E-state index in [4.69, 9.17) is 5.73 Å². The van der Waals surface area contributed by atoms with E-state index in [0.29, 0.717) is 24.4 Å². The van der Waals surface area contributed by atoms with Crippen LogP contribution in [-0.4, -0.2) is 54.2 Å². The Labute approximate surface area is 129 Å². The molecule has 0 aromatic carbocycles. The average Bonchev–Trinajstić information content (AvgIpc) is 2.37. The molecule has 1 fully saturated rings. The minimum atomic E-state index is -0.271. The van der Waals surface area contributed by atoms with Crippen LogP contribution in [0.5, 0.6) is 0 Å². The van der Waals surface area contributed by atoms with Crippen LogP contribution in [0.25, 0.3) is 0 Å². The number of piperidine rings is 1. The number of nitrogens with one attached hydrogen (secondary N) is 1. The molecule has 0 bridgehead atoms. The summed E-state index contributed by atoms with van der Waals surface area (Å²) in [7, 11) is 0. The molecule has 124 valence electrons. The second-order valence-electron chi connectivity index (χ2n) is 6.89. The molecule has 1 amide bonds. The molecular weight excluding hydrogens is 266 g/mol. The summed E-state index contributed by atoms with van der Waals surface area (Å²) in [6.45, 7) is 9.52. The van der Waals surface area contributed by atoms with Crippen molar-refractivity contribution in [3.8, 4) is 0 Å². The van der Waals surface area contributed by atoms with Gasteiger partial charge in [-0.05, 0) is 44.1 Å². The molecule has 4 N–H and O–H groups in total. The number of carbonyl (C=O) groups is 1. The molecule has 3 unspecified atom stereocenters. The molecule has 5 nitrogen and oxygen atoms in total. The van der Waals surface area contributed by atoms with Crippen LogP contribution in [0.4, 0.5) is 0 Å². The number of nitrogens with two attached hydrogens (primary N) is 1. The van der Waals surface area contributed by atoms with Crippen molar-refractivity contribution in [2.75, 3.05) is 26.2 Å². The standard InChI is InChI=1S/C16H33N3O2/c1-4-15(20)8-13-7-14(18-6-5-12(2)3)10-19(9-13)11-16(17)21/h12-15,18,20H,4-11H2,1-3H3,(H2,17,21). The maximum absolute atomic E-state index is 11.2. The second-order valence-corrected chi connectivity index (χ2v) is 6.89. The van der Waals surface area contributed by atoms with Crippen LogP contribution in [0.15, 0.2) is 0 Å². The summed E-state index contributed by atoms with van der Waals surface area (Å²) >= 11 is 0. The van der Waals surface area contributed by atoms with Gasteiger partial charge in [0, 0.05) is 19.1 Å². The molecule has 1 aliphatic rings. The molecule has 0 aromatic rings. The lowest BCUT2D eigenvalue weighted by atomic mass is 9.88. The van der Waals surface area contributed by atoms with Gasteiger partial charge in [-0.2, -0.15) is 0 Å². The zero-order valence-electron chi connectivity index (χ0n) is 13.8. The zero-order valence-corrected chi connectivity index (χ0v) is 13.8. The molecule has 0 aliphatic carbocycles. The summed E-state index contributed by atoms with van der Waals surface area (Å²) in [5, 5.41) is 13.5. The smallest absolute Gasteiger partial charge is 0.231 e. The number of carbonyl (C=O) groups excluding carboxylic acids is 1. The summed E-state index contributed by atoms with van der Waals surface area (Å²) < 4.78 is 0. The Hall–Kier alpha value is -0.650. The SMILES string of the molecule is CCC(O)CC1CC(NCCC(C)C)CN(CC(N)=O)C1. The molecule has 0 spiro atoms. The third-order valence-corrected chi connectivity index (χ3v) is 4.22. The van der Waals surface area contributed by atoms with Crippen molar-refractivity contribution in [3.05, 3.63) is 0 Å². The van der Waals surface area contributed by atoms with Crippen LogP contribution in [0, 0.1) is 11.8 Å². The highest BCUT2D eigenvalue weighted by molar-refractivity contribution is 5.75. The normalized spacial score (nSPS) is 25.2. The van der Waals surface area contributed by atoms with Gasteiger partial charge < -0.3 is 16.2 Å². The maximum atomic E-state index is 11.2. The molecular formula is C16H33N3O2. The van der Waals surface area contributed by atoms with Gasteiger partial charge in [0.15, 0.2) is 0 Å². The van der Waals surface area contributed by atoms with E-state index in [2.05, 4.69) is 24.1 Å². The van der Waals surface area contributed by atoms with E-state index in [1.807, 2.05) is 6.92 Å². The van der Waals surface area contributed by atoms with Crippen LogP contribution in [-0.2, 0) is 4.79 Å². The number of aliphatic hydroxyl groups excluding tert-OH is 1. The summed E-state index contributed by atoms with van der Waals surface area (Å²) in [6.07, 6.45) is 3.60. The average molecular weight is 299 g/mol. The second kappa shape index (κ2) is 9.38. The van der Waals surface area contributed by atoms with Crippen molar-refractivity contribution in [1.29, 1.82) is 0 Å². The number of amides is 1. The Bertz CT molecular complexity index is 310. The van der Waals surface area contributed by atoms with Crippen LogP contribution >= 0.6 is 0 Å². The van der Waals surface area contributed by atoms with Crippen LogP contribution < -0.4 is 11.1 Å². The van der Waals surface area contributed by atoms with E-state index in [0.717, 1.165) is 45.3 Å². The van der Waals surface area contributed by atoms with Gasteiger partial charge in [-0.25, -0.2) is 0 Å². The third kappa shape index (κ3) is 7.79. The van der Waals surface area contributed by atoms with Crippen molar-refractivity contribution in [1.82, 2.24) is 10.2 Å². The van der Waals surface area contributed by atoms with Crippen LogP contribution in [0.1, 0.15) is 46.5 Å². The predicted molar refractivity (Wildman–Crippen MR) is 85.9 cm³/mol. The van der Waals surface area contributed by atoms with Gasteiger partial charge >= 0.3 is 0 Å². The monoisotopic (exact) mass is 299 g/mol. The van der Waals surface area contributed by atoms with Gasteiger partial charge in [0.1, 0.15) is 0 Å². The van der Waals surface area contributed by atoms with Gasteiger partial charge in [0.05, 0.1) is 12.6 Å². The highest BCUT2D eigenvalue weighted by Crippen LogP contribution is 2.22. The largest absolute Gasteiger partial charge is 0.393 e.